The van der Waals surface area contributed by atoms with Crippen LogP contribution in [-0.4, -0.2) is 24.5 Å². The lowest BCUT2D eigenvalue weighted by Crippen LogP contribution is -2.36. The summed E-state index contributed by atoms with van der Waals surface area (Å²) in [4.78, 5) is 25.2. The summed E-state index contributed by atoms with van der Waals surface area (Å²) in [6, 6.07) is 12.6. The summed E-state index contributed by atoms with van der Waals surface area (Å²) in [6.45, 7) is 2.76. The van der Waals surface area contributed by atoms with Crippen molar-refractivity contribution in [3.8, 4) is 5.75 Å². The van der Waals surface area contributed by atoms with E-state index in [0.717, 1.165) is 35.9 Å². The largest absolute Gasteiger partial charge is 0.492 e. The van der Waals surface area contributed by atoms with Crippen molar-refractivity contribution in [1.29, 1.82) is 0 Å². The highest BCUT2D eigenvalue weighted by Gasteiger charge is 2.17. The van der Waals surface area contributed by atoms with Crippen LogP contribution in [0.2, 0.25) is 0 Å². The Hall–Kier alpha value is -2.34. The van der Waals surface area contributed by atoms with Crippen LogP contribution in [0, 0.1) is 0 Å². The molecule has 0 heterocycles. The summed E-state index contributed by atoms with van der Waals surface area (Å²) in [5.41, 5.74) is 1.66. The molecule has 160 valence electrons. The average Bonchev–Trinajstić information content (AvgIpc) is 2.76. The van der Waals surface area contributed by atoms with Crippen molar-refractivity contribution < 1.29 is 14.3 Å². The van der Waals surface area contributed by atoms with Crippen molar-refractivity contribution in [2.45, 2.75) is 57.9 Å². The molecule has 1 aliphatic carbocycles. The maximum Gasteiger partial charge on any atom is 0.255 e. The summed E-state index contributed by atoms with van der Waals surface area (Å²) in [6.07, 6.45) is 7.70. The van der Waals surface area contributed by atoms with Gasteiger partial charge in [0, 0.05) is 22.9 Å². The molecular formula is C24H29BrN2O3. The van der Waals surface area contributed by atoms with Crippen LogP contribution in [0.15, 0.2) is 46.9 Å². The number of unbranched alkanes of at least 4 members (excludes halogenated alkanes) is 1. The van der Waals surface area contributed by atoms with Crippen molar-refractivity contribution in [3.05, 3.63) is 58.1 Å². The third-order valence-corrected chi connectivity index (χ3v) is 5.89. The van der Waals surface area contributed by atoms with E-state index < -0.39 is 0 Å². The standard InChI is InChI=1S/C24H29BrN2O3/c1-2-3-14-30-22-13-12-18(16-21(22)25)24(29)27-20-11-7-8-17(15-20)23(28)26-19-9-5-4-6-10-19/h7-8,11-13,15-16,19H,2-6,9-10,14H2,1H3,(H,26,28)(H,27,29). The first-order valence-corrected chi connectivity index (χ1v) is 11.5. The molecule has 2 aromatic rings. The maximum absolute atomic E-state index is 12.7. The van der Waals surface area contributed by atoms with E-state index in [1.165, 1.54) is 19.3 Å². The Balaban J connectivity index is 1.61. The number of halogens is 1. The number of anilines is 1. The van der Waals surface area contributed by atoms with Crippen LogP contribution in [0.5, 0.6) is 5.75 Å². The van der Waals surface area contributed by atoms with Crippen molar-refractivity contribution >= 4 is 33.4 Å². The molecule has 30 heavy (non-hydrogen) atoms. The lowest BCUT2D eigenvalue weighted by molar-refractivity contribution is 0.0926. The Morgan fingerprint density at radius 1 is 1.03 bits per heavy atom. The fraction of sp³-hybridized carbons (Fsp3) is 0.417. The van der Waals surface area contributed by atoms with Crippen LogP contribution < -0.4 is 15.4 Å². The first kappa shape index (κ1) is 22.3. The van der Waals surface area contributed by atoms with Crippen LogP contribution in [0.3, 0.4) is 0 Å². The van der Waals surface area contributed by atoms with Crippen molar-refractivity contribution in [2.75, 3.05) is 11.9 Å². The third-order valence-electron chi connectivity index (χ3n) is 5.27. The maximum atomic E-state index is 12.7. The van der Waals surface area contributed by atoms with Gasteiger partial charge in [-0.2, -0.15) is 0 Å². The molecule has 0 bridgehead atoms. The van der Waals surface area contributed by atoms with Gasteiger partial charge in [0.2, 0.25) is 0 Å². The van der Waals surface area contributed by atoms with Crippen LogP contribution in [-0.2, 0) is 0 Å². The Morgan fingerprint density at radius 2 is 1.80 bits per heavy atom. The highest BCUT2D eigenvalue weighted by Crippen LogP contribution is 2.27. The quantitative estimate of drug-likeness (QED) is 0.466. The first-order chi connectivity index (χ1) is 14.6. The van der Waals surface area contributed by atoms with Gasteiger partial charge < -0.3 is 15.4 Å². The zero-order valence-corrected chi connectivity index (χ0v) is 19.0. The molecule has 2 N–H and O–H groups in total. The van der Waals surface area contributed by atoms with Gasteiger partial charge in [0.25, 0.3) is 11.8 Å². The number of hydrogen-bond acceptors (Lipinski definition) is 3. The molecule has 1 aliphatic rings. The van der Waals surface area contributed by atoms with Gasteiger partial charge in [0.15, 0.2) is 0 Å². The minimum Gasteiger partial charge on any atom is -0.492 e. The molecule has 0 aromatic heterocycles. The van der Waals surface area contributed by atoms with Crippen LogP contribution in [0.25, 0.3) is 0 Å². The minimum absolute atomic E-state index is 0.0886. The van der Waals surface area contributed by atoms with Crippen molar-refractivity contribution in [3.63, 3.8) is 0 Å². The average molecular weight is 473 g/mol. The fourth-order valence-corrected chi connectivity index (χ4v) is 4.04. The van der Waals surface area contributed by atoms with Gasteiger partial charge in [-0.1, -0.05) is 38.7 Å². The highest BCUT2D eigenvalue weighted by atomic mass is 79.9. The van der Waals surface area contributed by atoms with E-state index in [9.17, 15) is 9.59 Å². The molecule has 0 saturated heterocycles. The van der Waals surface area contributed by atoms with E-state index in [2.05, 4.69) is 33.5 Å². The lowest BCUT2D eigenvalue weighted by Gasteiger charge is -2.22. The number of benzene rings is 2. The summed E-state index contributed by atoms with van der Waals surface area (Å²) in [5.74, 6) is 0.399. The smallest absolute Gasteiger partial charge is 0.255 e. The molecule has 5 nitrogen and oxygen atoms in total. The van der Waals surface area contributed by atoms with Crippen LogP contribution in [0.4, 0.5) is 5.69 Å². The highest BCUT2D eigenvalue weighted by molar-refractivity contribution is 9.10. The third kappa shape index (κ3) is 6.33. The van der Waals surface area contributed by atoms with Gasteiger partial charge in [-0.25, -0.2) is 0 Å². The molecule has 0 aliphatic heterocycles. The van der Waals surface area contributed by atoms with Gasteiger partial charge in [0.1, 0.15) is 5.75 Å². The molecule has 0 radical (unpaired) electrons. The monoisotopic (exact) mass is 472 g/mol. The van der Waals surface area contributed by atoms with Crippen LogP contribution in [0.1, 0.15) is 72.6 Å². The minimum atomic E-state index is -0.236. The van der Waals surface area contributed by atoms with Gasteiger partial charge in [-0.05, 0) is 71.6 Å². The fourth-order valence-electron chi connectivity index (χ4n) is 3.54. The summed E-state index contributed by atoms with van der Waals surface area (Å²) >= 11 is 3.47. The second-order valence-corrected chi connectivity index (χ2v) is 8.54. The van der Waals surface area contributed by atoms with E-state index in [-0.39, 0.29) is 17.9 Å². The summed E-state index contributed by atoms with van der Waals surface area (Å²) in [5, 5.41) is 5.99. The number of amides is 2. The van der Waals surface area contributed by atoms with Gasteiger partial charge in [-0.3, -0.25) is 9.59 Å². The van der Waals surface area contributed by atoms with Crippen LogP contribution >= 0.6 is 15.9 Å². The first-order valence-electron chi connectivity index (χ1n) is 10.7. The predicted octanol–water partition coefficient (Wildman–Crippen LogP) is 5.94. The second-order valence-electron chi connectivity index (χ2n) is 7.69. The van der Waals surface area contributed by atoms with Gasteiger partial charge in [0.05, 0.1) is 11.1 Å². The number of hydrogen-bond donors (Lipinski definition) is 2. The molecule has 3 rings (SSSR count). The molecule has 2 aromatic carbocycles. The molecule has 0 unspecified atom stereocenters. The molecule has 0 spiro atoms. The zero-order chi connectivity index (χ0) is 21.3. The van der Waals surface area contributed by atoms with E-state index >= 15 is 0 Å². The van der Waals surface area contributed by atoms with E-state index in [1.807, 2.05) is 0 Å². The normalized spacial score (nSPS) is 14.2. The lowest BCUT2D eigenvalue weighted by atomic mass is 9.95. The van der Waals surface area contributed by atoms with E-state index in [4.69, 9.17) is 4.74 Å². The summed E-state index contributed by atoms with van der Waals surface area (Å²) in [7, 11) is 0. The SMILES string of the molecule is CCCCOc1ccc(C(=O)Nc2cccc(C(=O)NC3CCCCC3)c2)cc1Br. The molecule has 1 fully saturated rings. The molecular weight excluding hydrogens is 444 g/mol. The number of ether oxygens (including phenoxy) is 1. The van der Waals surface area contributed by atoms with E-state index in [0.29, 0.717) is 23.4 Å². The molecule has 1 saturated carbocycles. The Morgan fingerprint density at radius 3 is 2.53 bits per heavy atom. The predicted molar refractivity (Wildman–Crippen MR) is 123 cm³/mol. The summed E-state index contributed by atoms with van der Waals surface area (Å²) < 4.78 is 6.45. The van der Waals surface area contributed by atoms with E-state index in [1.54, 1.807) is 42.5 Å². The molecule has 0 atom stereocenters. The number of rotatable bonds is 8. The van der Waals surface area contributed by atoms with Crippen molar-refractivity contribution in [2.24, 2.45) is 0 Å². The second kappa shape index (κ2) is 11.2. The number of nitrogens with one attached hydrogen (secondary N) is 2. The Labute approximate surface area is 186 Å². The zero-order valence-electron chi connectivity index (χ0n) is 17.4. The number of carbonyl (C=O) groups excluding carboxylic acids is 2. The number of carbonyl (C=O) groups is 2. The Bertz CT molecular complexity index is 879. The topological polar surface area (TPSA) is 67.4 Å². The molecule has 2 amide bonds. The van der Waals surface area contributed by atoms with Gasteiger partial charge in [-0.15, -0.1) is 0 Å². The Kier molecular flexibility index (Phi) is 8.31. The molecule has 6 heteroatoms. The van der Waals surface area contributed by atoms with Crippen molar-refractivity contribution in [1.82, 2.24) is 5.32 Å². The van der Waals surface area contributed by atoms with Gasteiger partial charge >= 0.3 is 0 Å².